The number of methoxy groups -OCH3 is 1. The predicted octanol–water partition coefficient (Wildman–Crippen LogP) is 2.93. The Morgan fingerprint density at radius 3 is 3.06 bits per heavy atom. The first kappa shape index (κ1) is 11.7. The molecule has 0 saturated heterocycles. The van der Waals surface area contributed by atoms with Crippen molar-refractivity contribution in [2.75, 3.05) is 13.7 Å². The number of fused-ring (bicyclic) bond motifs is 1. The number of nitrogens with zero attached hydrogens (tertiary/aromatic N) is 1. The highest BCUT2D eigenvalue weighted by atomic mass is 16.5. The summed E-state index contributed by atoms with van der Waals surface area (Å²) in [5.74, 6) is 0. The molecule has 2 rings (SSSR count). The van der Waals surface area contributed by atoms with Crippen molar-refractivity contribution >= 4 is 6.09 Å². The van der Waals surface area contributed by atoms with Crippen molar-refractivity contribution in [1.29, 1.82) is 0 Å². The molecule has 0 radical (unpaired) electrons. The zero-order valence-corrected chi connectivity index (χ0v) is 10.1. The van der Waals surface area contributed by atoms with Gasteiger partial charge in [-0.25, -0.2) is 4.79 Å². The van der Waals surface area contributed by atoms with Crippen molar-refractivity contribution in [3.63, 3.8) is 0 Å². The van der Waals surface area contributed by atoms with Gasteiger partial charge in [-0.05, 0) is 24.0 Å². The van der Waals surface area contributed by atoms with Gasteiger partial charge in [0.1, 0.15) is 0 Å². The molecule has 1 amide bonds. The summed E-state index contributed by atoms with van der Waals surface area (Å²) in [6, 6.07) is 8.32. The molecule has 1 aromatic rings. The fraction of sp³-hybridized carbons (Fsp3) is 0.357. The van der Waals surface area contributed by atoms with Gasteiger partial charge < -0.3 is 9.64 Å². The lowest BCUT2D eigenvalue weighted by molar-refractivity contribution is 0.101. The van der Waals surface area contributed by atoms with E-state index in [1.807, 2.05) is 18.2 Å². The zero-order valence-electron chi connectivity index (χ0n) is 10.1. The Morgan fingerprint density at radius 2 is 2.35 bits per heavy atom. The van der Waals surface area contributed by atoms with Gasteiger partial charge in [0.15, 0.2) is 0 Å². The molecule has 1 atom stereocenters. The van der Waals surface area contributed by atoms with Gasteiger partial charge in [-0.1, -0.05) is 30.3 Å². The molecular formula is C14H17NO2. The van der Waals surface area contributed by atoms with Crippen molar-refractivity contribution in [3.05, 3.63) is 48.0 Å². The van der Waals surface area contributed by atoms with Crippen LogP contribution in [0.15, 0.2) is 36.9 Å². The summed E-state index contributed by atoms with van der Waals surface area (Å²) >= 11 is 0. The maximum absolute atomic E-state index is 11.7. The topological polar surface area (TPSA) is 29.5 Å². The molecule has 1 heterocycles. The molecule has 0 N–H and O–H groups in total. The molecule has 0 aliphatic carbocycles. The molecule has 1 aliphatic heterocycles. The number of benzene rings is 1. The largest absolute Gasteiger partial charge is 0.453 e. The van der Waals surface area contributed by atoms with Crippen molar-refractivity contribution in [3.8, 4) is 0 Å². The fourth-order valence-electron chi connectivity index (χ4n) is 2.40. The average molecular weight is 231 g/mol. The van der Waals surface area contributed by atoms with E-state index in [1.54, 1.807) is 4.90 Å². The summed E-state index contributed by atoms with van der Waals surface area (Å²) in [6.07, 6.45) is 3.24. The monoisotopic (exact) mass is 231 g/mol. The minimum Gasteiger partial charge on any atom is -0.453 e. The van der Waals surface area contributed by atoms with Crippen molar-refractivity contribution in [2.45, 2.75) is 18.9 Å². The van der Waals surface area contributed by atoms with Crippen LogP contribution in [-0.4, -0.2) is 24.6 Å². The van der Waals surface area contributed by atoms with Crippen molar-refractivity contribution < 1.29 is 9.53 Å². The molecule has 90 valence electrons. The Bertz CT molecular complexity index is 428. The molecule has 0 fully saturated rings. The number of carbonyl (C=O) groups excluding carboxylic acids is 1. The van der Waals surface area contributed by atoms with Crippen molar-refractivity contribution in [1.82, 2.24) is 4.90 Å². The van der Waals surface area contributed by atoms with Gasteiger partial charge in [0.25, 0.3) is 0 Å². The number of carbonyl (C=O) groups is 1. The maximum atomic E-state index is 11.7. The first-order chi connectivity index (χ1) is 8.27. The SMILES string of the molecule is C=CCC1c2ccccc2CCN1C(=O)OC. The van der Waals surface area contributed by atoms with E-state index in [-0.39, 0.29) is 12.1 Å². The van der Waals surface area contributed by atoms with Crippen LogP contribution in [0.4, 0.5) is 4.79 Å². The molecule has 3 heteroatoms. The van der Waals surface area contributed by atoms with Gasteiger partial charge in [0.2, 0.25) is 0 Å². The van der Waals surface area contributed by atoms with Gasteiger partial charge >= 0.3 is 6.09 Å². The lowest BCUT2D eigenvalue weighted by Gasteiger charge is -2.35. The minimum atomic E-state index is -0.258. The van der Waals surface area contributed by atoms with Gasteiger partial charge in [-0.2, -0.15) is 0 Å². The highest BCUT2D eigenvalue weighted by Crippen LogP contribution is 2.32. The van der Waals surface area contributed by atoms with Gasteiger partial charge in [-0.3, -0.25) is 0 Å². The number of ether oxygens (including phenoxy) is 1. The standard InChI is InChI=1S/C14H17NO2/c1-3-6-13-12-8-5-4-7-11(12)9-10-15(13)14(16)17-2/h3-5,7-8,13H,1,6,9-10H2,2H3. The van der Waals surface area contributed by atoms with E-state index in [2.05, 4.69) is 18.7 Å². The fourth-order valence-corrected chi connectivity index (χ4v) is 2.40. The molecule has 17 heavy (non-hydrogen) atoms. The lowest BCUT2D eigenvalue weighted by atomic mass is 9.91. The number of hydrogen-bond donors (Lipinski definition) is 0. The quantitative estimate of drug-likeness (QED) is 0.732. The second-order valence-electron chi connectivity index (χ2n) is 4.15. The molecular weight excluding hydrogens is 214 g/mol. The second-order valence-corrected chi connectivity index (χ2v) is 4.15. The van der Waals surface area contributed by atoms with E-state index in [9.17, 15) is 4.79 Å². The first-order valence-electron chi connectivity index (χ1n) is 5.81. The number of rotatable bonds is 2. The summed E-state index contributed by atoms with van der Waals surface area (Å²) in [6.45, 7) is 4.48. The van der Waals surface area contributed by atoms with Crippen molar-refractivity contribution in [2.24, 2.45) is 0 Å². The molecule has 0 bridgehead atoms. The third-order valence-electron chi connectivity index (χ3n) is 3.21. The summed E-state index contributed by atoms with van der Waals surface area (Å²) in [5, 5.41) is 0. The van der Waals surface area contributed by atoms with Crippen LogP contribution < -0.4 is 0 Å². The molecule has 0 saturated carbocycles. The molecule has 1 aromatic carbocycles. The van der Waals surface area contributed by atoms with E-state index in [0.717, 1.165) is 12.8 Å². The summed E-state index contributed by atoms with van der Waals surface area (Å²) in [5.41, 5.74) is 2.53. The maximum Gasteiger partial charge on any atom is 0.410 e. The van der Waals surface area contributed by atoms with Crippen LogP contribution in [0.3, 0.4) is 0 Å². The first-order valence-corrected chi connectivity index (χ1v) is 5.81. The van der Waals surface area contributed by atoms with Crippen LogP contribution in [0.25, 0.3) is 0 Å². The smallest absolute Gasteiger partial charge is 0.410 e. The van der Waals surface area contributed by atoms with Crippen LogP contribution in [0.5, 0.6) is 0 Å². The number of hydrogen-bond acceptors (Lipinski definition) is 2. The molecule has 1 unspecified atom stereocenters. The Labute approximate surface area is 102 Å². The Morgan fingerprint density at radius 1 is 1.59 bits per heavy atom. The highest BCUT2D eigenvalue weighted by Gasteiger charge is 2.30. The summed E-state index contributed by atoms with van der Waals surface area (Å²) in [4.78, 5) is 13.5. The predicted molar refractivity (Wildman–Crippen MR) is 66.8 cm³/mol. The summed E-state index contributed by atoms with van der Waals surface area (Å²) in [7, 11) is 1.42. The van der Waals surface area contributed by atoms with Gasteiger partial charge in [0, 0.05) is 6.54 Å². The van der Waals surface area contributed by atoms with Crippen LogP contribution in [-0.2, 0) is 11.2 Å². The van der Waals surface area contributed by atoms with Crippen LogP contribution in [0.2, 0.25) is 0 Å². The number of amides is 1. The van der Waals surface area contributed by atoms with Gasteiger partial charge in [-0.15, -0.1) is 6.58 Å². The van der Waals surface area contributed by atoms with E-state index in [1.165, 1.54) is 18.2 Å². The Balaban J connectivity index is 2.35. The molecule has 3 nitrogen and oxygen atoms in total. The van der Waals surface area contributed by atoms with Crippen LogP contribution in [0, 0.1) is 0 Å². The van der Waals surface area contributed by atoms with Crippen LogP contribution in [0.1, 0.15) is 23.6 Å². The Kier molecular flexibility index (Phi) is 3.47. The summed E-state index contributed by atoms with van der Waals surface area (Å²) < 4.78 is 4.83. The normalized spacial score (nSPS) is 18.4. The van der Waals surface area contributed by atoms with E-state index < -0.39 is 0 Å². The third kappa shape index (κ3) is 2.18. The van der Waals surface area contributed by atoms with E-state index >= 15 is 0 Å². The molecule has 0 spiro atoms. The highest BCUT2D eigenvalue weighted by molar-refractivity contribution is 5.69. The third-order valence-corrected chi connectivity index (χ3v) is 3.21. The molecule has 1 aliphatic rings. The second kappa shape index (κ2) is 5.04. The van der Waals surface area contributed by atoms with E-state index in [4.69, 9.17) is 4.74 Å². The van der Waals surface area contributed by atoms with E-state index in [0.29, 0.717) is 6.54 Å². The van der Waals surface area contributed by atoms with Crippen LogP contribution >= 0.6 is 0 Å². The molecule has 0 aromatic heterocycles. The van der Waals surface area contributed by atoms with Gasteiger partial charge in [0.05, 0.1) is 13.2 Å². The lowest BCUT2D eigenvalue weighted by Crippen LogP contribution is -2.39. The Hall–Kier alpha value is -1.77. The zero-order chi connectivity index (χ0) is 12.3. The minimum absolute atomic E-state index is 0.0601. The average Bonchev–Trinajstić information content (AvgIpc) is 2.38.